The Morgan fingerprint density at radius 2 is 1.83 bits per heavy atom. The van der Waals surface area contributed by atoms with Crippen LogP contribution in [0.4, 0.5) is 4.79 Å². The van der Waals surface area contributed by atoms with E-state index in [0.717, 1.165) is 19.0 Å². The smallest absolute Gasteiger partial charge is 0.407 e. The zero-order chi connectivity index (χ0) is 16.9. The Morgan fingerprint density at radius 1 is 1.17 bits per heavy atom. The van der Waals surface area contributed by atoms with Crippen molar-refractivity contribution in [2.45, 2.75) is 58.5 Å². The van der Waals surface area contributed by atoms with Crippen LogP contribution in [0.1, 0.15) is 52.9 Å². The van der Waals surface area contributed by atoms with E-state index >= 15 is 0 Å². The van der Waals surface area contributed by atoms with Crippen molar-refractivity contribution in [2.24, 2.45) is 10.4 Å². The highest BCUT2D eigenvalue weighted by molar-refractivity contribution is 5.80. The Bertz CT molecular complexity index is 436. The number of likely N-dealkylation sites (tertiary alicyclic amines) is 1. The number of alkyl carbamates (subject to hydrolysis) is 1. The minimum absolute atomic E-state index is 0.375. The Balaban J connectivity index is 1.69. The number of hydrogen-bond acceptors (Lipinski definition) is 3. The van der Waals surface area contributed by atoms with Crippen LogP contribution >= 0.6 is 0 Å². The van der Waals surface area contributed by atoms with Gasteiger partial charge in [-0.25, -0.2) is 4.79 Å². The van der Waals surface area contributed by atoms with E-state index in [-0.39, 0.29) is 6.09 Å². The molecule has 1 aliphatic carbocycles. The highest BCUT2D eigenvalue weighted by atomic mass is 16.6. The first-order valence-electron chi connectivity index (χ1n) is 8.76. The fourth-order valence-electron chi connectivity index (χ4n) is 3.63. The van der Waals surface area contributed by atoms with E-state index in [1.807, 2.05) is 27.8 Å². The molecule has 0 aromatic carbocycles. The third-order valence-electron chi connectivity index (χ3n) is 4.69. The van der Waals surface area contributed by atoms with Crippen LogP contribution in [-0.2, 0) is 4.74 Å². The van der Waals surface area contributed by atoms with Gasteiger partial charge in [-0.2, -0.15) is 0 Å². The van der Waals surface area contributed by atoms with Gasteiger partial charge in [0.2, 0.25) is 0 Å². The molecular formula is C17H32N4O2. The van der Waals surface area contributed by atoms with E-state index in [0.29, 0.717) is 18.5 Å². The van der Waals surface area contributed by atoms with Gasteiger partial charge < -0.3 is 20.3 Å². The summed E-state index contributed by atoms with van der Waals surface area (Å²) >= 11 is 0. The van der Waals surface area contributed by atoms with Crippen LogP contribution in [0.15, 0.2) is 4.99 Å². The molecule has 1 spiro atoms. The highest BCUT2D eigenvalue weighted by Gasteiger charge is 2.40. The van der Waals surface area contributed by atoms with Crippen molar-refractivity contribution in [3.63, 3.8) is 0 Å². The normalized spacial score (nSPS) is 20.9. The topological polar surface area (TPSA) is 66.0 Å². The maximum absolute atomic E-state index is 11.6. The van der Waals surface area contributed by atoms with E-state index in [1.54, 1.807) is 0 Å². The number of ether oxygens (including phenoxy) is 1. The summed E-state index contributed by atoms with van der Waals surface area (Å²) in [5, 5.41) is 6.10. The lowest BCUT2D eigenvalue weighted by Crippen LogP contribution is -2.44. The van der Waals surface area contributed by atoms with E-state index in [9.17, 15) is 4.79 Å². The lowest BCUT2D eigenvalue weighted by atomic mass is 9.86. The number of hydrogen-bond donors (Lipinski definition) is 2. The molecule has 2 rings (SSSR count). The first kappa shape index (κ1) is 17.9. The number of nitrogens with zero attached hydrogens (tertiary/aromatic N) is 2. The molecule has 1 amide bonds. The van der Waals surface area contributed by atoms with Crippen molar-refractivity contribution in [3.8, 4) is 0 Å². The van der Waals surface area contributed by atoms with Crippen LogP contribution < -0.4 is 10.6 Å². The zero-order valence-corrected chi connectivity index (χ0v) is 15.1. The summed E-state index contributed by atoms with van der Waals surface area (Å²) < 4.78 is 5.22. The molecule has 132 valence electrons. The maximum atomic E-state index is 11.6. The minimum Gasteiger partial charge on any atom is -0.444 e. The van der Waals surface area contributed by atoms with Crippen LogP contribution in [0.2, 0.25) is 0 Å². The van der Waals surface area contributed by atoms with Crippen molar-refractivity contribution >= 4 is 12.1 Å². The lowest BCUT2D eigenvalue weighted by Gasteiger charge is -2.26. The van der Waals surface area contributed by atoms with Gasteiger partial charge in [0.15, 0.2) is 5.96 Å². The lowest BCUT2D eigenvalue weighted by molar-refractivity contribution is 0.0529. The average molecular weight is 324 g/mol. The van der Waals surface area contributed by atoms with Gasteiger partial charge in [-0.1, -0.05) is 12.8 Å². The van der Waals surface area contributed by atoms with Crippen molar-refractivity contribution in [2.75, 3.05) is 33.2 Å². The number of aliphatic imine (C=N–C) groups is 1. The summed E-state index contributed by atoms with van der Waals surface area (Å²) in [6, 6.07) is 0. The number of carbonyl (C=O) groups is 1. The van der Waals surface area contributed by atoms with Crippen LogP contribution in [-0.4, -0.2) is 55.8 Å². The first-order chi connectivity index (χ1) is 10.8. The molecule has 0 radical (unpaired) electrons. The summed E-state index contributed by atoms with van der Waals surface area (Å²) in [5.74, 6) is 0.944. The molecule has 0 aromatic rings. The van der Waals surface area contributed by atoms with Crippen LogP contribution in [0, 0.1) is 5.41 Å². The second kappa shape index (κ2) is 7.41. The standard InChI is InChI=1S/C17H32N4O2/c1-16(2,3)23-15(22)20-11-10-19-14(18-4)21-12-9-17(13-21)7-5-6-8-17/h5-13H2,1-4H3,(H,18,19)(H,20,22). The van der Waals surface area contributed by atoms with E-state index in [4.69, 9.17) is 4.74 Å². The molecule has 2 N–H and O–H groups in total. The number of rotatable bonds is 3. The fourth-order valence-corrected chi connectivity index (χ4v) is 3.63. The van der Waals surface area contributed by atoms with Gasteiger partial charge in [-0.05, 0) is 45.4 Å². The van der Waals surface area contributed by atoms with E-state index in [1.165, 1.54) is 32.1 Å². The number of carbonyl (C=O) groups excluding carboxylic acids is 1. The van der Waals surface area contributed by atoms with E-state index in [2.05, 4.69) is 20.5 Å². The molecule has 2 aliphatic rings. The Hall–Kier alpha value is -1.46. The molecule has 0 aromatic heterocycles. The van der Waals surface area contributed by atoms with Crippen LogP contribution in [0.25, 0.3) is 0 Å². The molecule has 0 unspecified atom stereocenters. The van der Waals surface area contributed by atoms with Crippen molar-refractivity contribution in [3.05, 3.63) is 0 Å². The molecular weight excluding hydrogens is 292 g/mol. The molecule has 6 heteroatoms. The summed E-state index contributed by atoms with van der Waals surface area (Å²) in [6.07, 6.45) is 6.38. The van der Waals surface area contributed by atoms with Gasteiger partial charge in [-0.15, -0.1) is 0 Å². The quantitative estimate of drug-likeness (QED) is 0.475. The summed E-state index contributed by atoms with van der Waals surface area (Å²) in [6.45, 7) is 8.95. The molecule has 0 atom stereocenters. The van der Waals surface area contributed by atoms with Gasteiger partial charge in [0.05, 0.1) is 0 Å². The molecule has 1 aliphatic heterocycles. The first-order valence-corrected chi connectivity index (χ1v) is 8.76. The Morgan fingerprint density at radius 3 is 2.43 bits per heavy atom. The number of amides is 1. The van der Waals surface area contributed by atoms with Gasteiger partial charge in [0.25, 0.3) is 0 Å². The minimum atomic E-state index is -0.460. The Labute approximate surface area is 140 Å². The second-order valence-corrected chi connectivity index (χ2v) is 7.78. The Kier molecular flexibility index (Phi) is 5.76. The number of guanidine groups is 1. The summed E-state index contributed by atoms with van der Waals surface area (Å²) in [5.41, 5.74) is 0.0745. The van der Waals surface area contributed by atoms with E-state index < -0.39 is 5.60 Å². The number of nitrogens with one attached hydrogen (secondary N) is 2. The molecule has 0 bridgehead atoms. The average Bonchev–Trinajstić information content (AvgIpc) is 3.08. The SMILES string of the molecule is CN=C(NCCNC(=O)OC(C)(C)C)N1CCC2(CCCC2)C1. The maximum Gasteiger partial charge on any atom is 0.407 e. The molecule has 1 heterocycles. The second-order valence-electron chi connectivity index (χ2n) is 7.78. The largest absolute Gasteiger partial charge is 0.444 e. The van der Waals surface area contributed by atoms with Crippen molar-refractivity contribution in [1.82, 2.24) is 15.5 Å². The molecule has 2 fully saturated rings. The van der Waals surface area contributed by atoms with Gasteiger partial charge in [0, 0.05) is 33.2 Å². The molecule has 6 nitrogen and oxygen atoms in total. The summed E-state index contributed by atoms with van der Waals surface area (Å²) in [7, 11) is 1.82. The molecule has 1 saturated heterocycles. The monoisotopic (exact) mass is 324 g/mol. The third kappa shape index (κ3) is 5.29. The predicted octanol–water partition coefficient (Wildman–Crippen LogP) is 2.35. The molecule has 1 saturated carbocycles. The van der Waals surface area contributed by atoms with Gasteiger partial charge in [0.1, 0.15) is 5.60 Å². The van der Waals surface area contributed by atoms with Crippen molar-refractivity contribution in [1.29, 1.82) is 0 Å². The zero-order valence-electron chi connectivity index (χ0n) is 15.1. The van der Waals surface area contributed by atoms with Crippen LogP contribution in [0.5, 0.6) is 0 Å². The van der Waals surface area contributed by atoms with Gasteiger partial charge in [-0.3, -0.25) is 4.99 Å². The van der Waals surface area contributed by atoms with Crippen LogP contribution in [0.3, 0.4) is 0 Å². The molecule has 23 heavy (non-hydrogen) atoms. The predicted molar refractivity (Wildman–Crippen MR) is 92.7 cm³/mol. The fraction of sp³-hybridized carbons (Fsp3) is 0.882. The van der Waals surface area contributed by atoms with Gasteiger partial charge >= 0.3 is 6.09 Å². The summed E-state index contributed by atoms with van der Waals surface area (Å²) in [4.78, 5) is 18.3. The highest BCUT2D eigenvalue weighted by Crippen LogP contribution is 2.45. The van der Waals surface area contributed by atoms with Crippen molar-refractivity contribution < 1.29 is 9.53 Å². The third-order valence-corrected chi connectivity index (χ3v) is 4.69.